The average Bonchev–Trinajstić information content (AvgIpc) is 3.02. The van der Waals surface area contributed by atoms with E-state index in [0.717, 1.165) is 16.3 Å². The Bertz CT molecular complexity index is 908. The minimum atomic E-state index is -0.319. The number of hydrogen-bond acceptors (Lipinski definition) is 4. The predicted octanol–water partition coefficient (Wildman–Crippen LogP) is 4.45. The van der Waals surface area contributed by atoms with E-state index >= 15 is 0 Å². The number of aromatic nitrogens is 2. The number of rotatable bonds is 7. The van der Waals surface area contributed by atoms with Crippen molar-refractivity contribution in [1.82, 2.24) is 9.78 Å². The summed E-state index contributed by atoms with van der Waals surface area (Å²) in [6.07, 6.45) is 0. The fraction of sp³-hybridized carbons (Fsp3) is 0.200. The lowest BCUT2D eigenvalue weighted by Gasteiger charge is -2.09. The molecule has 27 heavy (non-hydrogen) atoms. The molecule has 0 atom stereocenters. The summed E-state index contributed by atoms with van der Waals surface area (Å²) in [4.78, 5) is 13.3. The Morgan fingerprint density at radius 2 is 1.89 bits per heavy atom. The van der Waals surface area contributed by atoms with Gasteiger partial charge >= 0.3 is 0 Å². The number of carbonyl (C=O) groups is 1. The zero-order valence-corrected chi connectivity index (χ0v) is 15.9. The van der Waals surface area contributed by atoms with Crippen LogP contribution in [-0.4, -0.2) is 28.0 Å². The number of halogens is 1. The smallest absolute Gasteiger partial charge is 0.235 e. The first kappa shape index (κ1) is 19.0. The van der Waals surface area contributed by atoms with E-state index in [9.17, 15) is 9.18 Å². The fourth-order valence-corrected chi connectivity index (χ4v) is 3.19. The van der Waals surface area contributed by atoms with Crippen molar-refractivity contribution < 1.29 is 13.9 Å². The number of nitrogens with one attached hydrogen (secondary N) is 1. The van der Waals surface area contributed by atoms with Gasteiger partial charge in [-0.05, 0) is 62.4 Å². The van der Waals surface area contributed by atoms with Crippen LogP contribution in [0.4, 0.5) is 10.2 Å². The van der Waals surface area contributed by atoms with Crippen molar-refractivity contribution in [2.75, 3.05) is 17.7 Å². The van der Waals surface area contributed by atoms with Crippen LogP contribution < -0.4 is 10.1 Å². The van der Waals surface area contributed by atoms with Gasteiger partial charge in [0.2, 0.25) is 5.91 Å². The Morgan fingerprint density at radius 1 is 1.19 bits per heavy atom. The highest BCUT2D eigenvalue weighted by atomic mass is 32.2. The van der Waals surface area contributed by atoms with Gasteiger partial charge in [0.05, 0.1) is 23.7 Å². The van der Waals surface area contributed by atoms with Crippen LogP contribution in [0.3, 0.4) is 0 Å². The van der Waals surface area contributed by atoms with Gasteiger partial charge in [0, 0.05) is 11.0 Å². The quantitative estimate of drug-likeness (QED) is 0.611. The van der Waals surface area contributed by atoms with E-state index in [0.29, 0.717) is 18.1 Å². The highest BCUT2D eigenvalue weighted by Gasteiger charge is 2.11. The molecule has 1 heterocycles. The molecule has 0 aliphatic rings. The summed E-state index contributed by atoms with van der Waals surface area (Å²) in [5.41, 5.74) is 1.44. The van der Waals surface area contributed by atoms with Crippen LogP contribution in [0.1, 0.15) is 12.6 Å². The van der Waals surface area contributed by atoms with Crippen molar-refractivity contribution >= 4 is 23.5 Å². The number of anilines is 1. The second kappa shape index (κ2) is 8.73. The van der Waals surface area contributed by atoms with Crippen molar-refractivity contribution in [2.45, 2.75) is 18.7 Å². The van der Waals surface area contributed by atoms with Gasteiger partial charge in [-0.1, -0.05) is 0 Å². The molecule has 0 bridgehead atoms. The third-order valence-electron chi connectivity index (χ3n) is 3.67. The van der Waals surface area contributed by atoms with E-state index in [2.05, 4.69) is 10.4 Å². The van der Waals surface area contributed by atoms with Gasteiger partial charge in [-0.15, -0.1) is 11.8 Å². The van der Waals surface area contributed by atoms with Crippen molar-refractivity contribution in [3.8, 4) is 11.4 Å². The van der Waals surface area contributed by atoms with Crippen molar-refractivity contribution in [3.63, 3.8) is 0 Å². The second-order valence-corrected chi connectivity index (χ2v) is 6.85. The molecule has 3 rings (SSSR count). The summed E-state index contributed by atoms with van der Waals surface area (Å²) in [6.45, 7) is 4.39. The molecule has 5 nitrogen and oxygen atoms in total. The standard InChI is InChI=1S/C20H20FN3O2S/c1-3-26-17-8-10-18(11-9-17)27-13-20(25)22-19-12-14(2)23-24(19)16-6-4-15(21)5-7-16/h4-12H,3,13H2,1-2H3,(H,22,25). The minimum Gasteiger partial charge on any atom is -0.494 e. The molecule has 0 spiro atoms. The summed E-state index contributed by atoms with van der Waals surface area (Å²) in [6, 6.07) is 15.4. The van der Waals surface area contributed by atoms with Crippen LogP contribution in [0.2, 0.25) is 0 Å². The first-order chi connectivity index (χ1) is 13.0. The van der Waals surface area contributed by atoms with Crippen molar-refractivity contribution in [3.05, 3.63) is 66.1 Å². The highest BCUT2D eigenvalue weighted by molar-refractivity contribution is 8.00. The summed E-state index contributed by atoms with van der Waals surface area (Å²) in [7, 11) is 0. The molecule has 0 aliphatic heterocycles. The van der Waals surface area contributed by atoms with Crippen LogP contribution in [0.15, 0.2) is 59.5 Å². The third kappa shape index (κ3) is 5.10. The van der Waals surface area contributed by atoms with Gasteiger partial charge in [0.15, 0.2) is 0 Å². The lowest BCUT2D eigenvalue weighted by molar-refractivity contribution is -0.113. The first-order valence-corrected chi connectivity index (χ1v) is 9.52. The molecule has 0 fully saturated rings. The lowest BCUT2D eigenvalue weighted by atomic mass is 10.3. The first-order valence-electron chi connectivity index (χ1n) is 8.53. The monoisotopic (exact) mass is 385 g/mol. The normalized spacial score (nSPS) is 10.6. The molecule has 7 heteroatoms. The second-order valence-electron chi connectivity index (χ2n) is 5.80. The van der Waals surface area contributed by atoms with E-state index < -0.39 is 0 Å². The maximum atomic E-state index is 13.1. The van der Waals surface area contributed by atoms with Gasteiger partial charge in [-0.2, -0.15) is 5.10 Å². The fourth-order valence-electron chi connectivity index (χ4n) is 2.49. The number of carbonyl (C=O) groups excluding carboxylic acids is 1. The molecule has 0 aliphatic carbocycles. The number of hydrogen-bond donors (Lipinski definition) is 1. The predicted molar refractivity (Wildman–Crippen MR) is 105 cm³/mol. The molecule has 0 radical (unpaired) electrons. The van der Waals surface area contributed by atoms with Crippen LogP contribution in [0.5, 0.6) is 5.75 Å². The summed E-state index contributed by atoms with van der Waals surface area (Å²) < 4.78 is 20.1. The van der Waals surface area contributed by atoms with Crippen LogP contribution in [-0.2, 0) is 4.79 Å². The zero-order valence-electron chi connectivity index (χ0n) is 15.1. The average molecular weight is 385 g/mol. The van der Waals surface area contributed by atoms with Crippen LogP contribution >= 0.6 is 11.8 Å². The third-order valence-corrected chi connectivity index (χ3v) is 4.69. The number of benzene rings is 2. The molecule has 1 N–H and O–H groups in total. The number of thioether (sulfide) groups is 1. The minimum absolute atomic E-state index is 0.142. The topological polar surface area (TPSA) is 56.1 Å². The molecule has 0 saturated carbocycles. The van der Waals surface area contributed by atoms with Gasteiger partial charge in [0.1, 0.15) is 17.4 Å². The Kier molecular flexibility index (Phi) is 6.13. The largest absolute Gasteiger partial charge is 0.494 e. The van der Waals surface area contributed by atoms with Crippen LogP contribution in [0.25, 0.3) is 5.69 Å². The highest BCUT2D eigenvalue weighted by Crippen LogP contribution is 2.22. The van der Waals surface area contributed by atoms with Gasteiger partial charge < -0.3 is 10.1 Å². The molecule has 2 aromatic carbocycles. The molecule has 3 aromatic rings. The number of aryl methyl sites for hydroxylation is 1. The number of amides is 1. The van der Waals surface area contributed by atoms with E-state index in [1.54, 1.807) is 22.9 Å². The van der Waals surface area contributed by atoms with Crippen molar-refractivity contribution in [2.24, 2.45) is 0 Å². The summed E-state index contributed by atoms with van der Waals surface area (Å²) in [5, 5.41) is 7.24. The lowest BCUT2D eigenvalue weighted by Crippen LogP contribution is -2.16. The SMILES string of the molecule is CCOc1ccc(SCC(=O)Nc2cc(C)nn2-c2ccc(F)cc2)cc1. The summed E-state index contributed by atoms with van der Waals surface area (Å²) in [5.74, 6) is 1.17. The Morgan fingerprint density at radius 3 is 2.56 bits per heavy atom. The molecule has 0 unspecified atom stereocenters. The van der Waals surface area contributed by atoms with E-state index in [1.165, 1.54) is 23.9 Å². The molecule has 1 amide bonds. The maximum Gasteiger partial charge on any atom is 0.235 e. The molecule has 140 valence electrons. The van der Waals surface area contributed by atoms with Crippen molar-refractivity contribution in [1.29, 1.82) is 0 Å². The Hall–Kier alpha value is -2.80. The van der Waals surface area contributed by atoms with E-state index in [1.807, 2.05) is 38.1 Å². The van der Waals surface area contributed by atoms with Gasteiger partial charge in [-0.25, -0.2) is 9.07 Å². The Balaban J connectivity index is 1.63. The zero-order chi connectivity index (χ0) is 19.2. The molecule has 0 saturated heterocycles. The summed E-state index contributed by atoms with van der Waals surface area (Å²) >= 11 is 1.44. The van der Waals surface area contributed by atoms with E-state index in [-0.39, 0.29) is 17.5 Å². The Labute approximate surface area is 161 Å². The molecular weight excluding hydrogens is 365 g/mol. The molecule has 1 aromatic heterocycles. The maximum absolute atomic E-state index is 13.1. The molecular formula is C20H20FN3O2S. The van der Waals surface area contributed by atoms with Gasteiger partial charge in [-0.3, -0.25) is 4.79 Å². The van der Waals surface area contributed by atoms with Crippen LogP contribution in [0, 0.1) is 12.7 Å². The number of ether oxygens (including phenoxy) is 1. The number of nitrogens with zero attached hydrogens (tertiary/aromatic N) is 2. The van der Waals surface area contributed by atoms with Gasteiger partial charge in [0.25, 0.3) is 0 Å². The van der Waals surface area contributed by atoms with E-state index in [4.69, 9.17) is 4.74 Å².